The number of nitrogens with zero attached hydrogens (tertiary/aromatic N) is 2. The topological polar surface area (TPSA) is 73.3 Å². The summed E-state index contributed by atoms with van der Waals surface area (Å²) in [6, 6.07) is 8.76. The monoisotopic (exact) mass is 367 g/mol. The van der Waals surface area contributed by atoms with Crippen molar-refractivity contribution in [3.05, 3.63) is 66.3 Å². The lowest BCUT2D eigenvalue weighted by molar-refractivity contribution is 0.102. The standard InChI is InChI=1S/C19H17N3O3S/c1-3-9-25-16-7-6-13(10-17(16)24-2)18(23)22-19-21-15(12-26-19)14-5-4-8-20-11-14/h3-8,10-12H,1,9H2,2H3,(H,21,22,23). The molecule has 0 aliphatic heterocycles. The van der Waals surface area contributed by atoms with E-state index in [1.807, 2.05) is 17.5 Å². The van der Waals surface area contributed by atoms with Crippen molar-refractivity contribution in [1.82, 2.24) is 9.97 Å². The molecule has 1 amide bonds. The molecule has 0 unspecified atom stereocenters. The lowest BCUT2D eigenvalue weighted by Gasteiger charge is -2.10. The number of carbonyl (C=O) groups is 1. The Hall–Kier alpha value is -3.19. The van der Waals surface area contributed by atoms with Crippen molar-refractivity contribution in [2.45, 2.75) is 0 Å². The molecule has 132 valence electrons. The van der Waals surface area contributed by atoms with Gasteiger partial charge in [0.25, 0.3) is 5.91 Å². The van der Waals surface area contributed by atoms with Gasteiger partial charge in [-0.3, -0.25) is 15.1 Å². The zero-order valence-electron chi connectivity index (χ0n) is 14.1. The fourth-order valence-electron chi connectivity index (χ4n) is 2.22. The fourth-order valence-corrected chi connectivity index (χ4v) is 2.94. The van der Waals surface area contributed by atoms with Crippen LogP contribution < -0.4 is 14.8 Å². The summed E-state index contributed by atoms with van der Waals surface area (Å²) in [4.78, 5) is 21.0. The highest BCUT2D eigenvalue weighted by Crippen LogP contribution is 2.29. The number of benzene rings is 1. The van der Waals surface area contributed by atoms with Crippen LogP contribution in [0.3, 0.4) is 0 Å². The van der Waals surface area contributed by atoms with E-state index in [1.54, 1.807) is 36.7 Å². The van der Waals surface area contributed by atoms with Gasteiger partial charge < -0.3 is 9.47 Å². The first-order chi connectivity index (χ1) is 12.7. The number of hydrogen-bond donors (Lipinski definition) is 1. The average Bonchev–Trinajstić information content (AvgIpc) is 3.15. The average molecular weight is 367 g/mol. The maximum atomic E-state index is 12.5. The lowest BCUT2D eigenvalue weighted by Crippen LogP contribution is -2.12. The smallest absolute Gasteiger partial charge is 0.257 e. The zero-order chi connectivity index (χ0) is 18.4. The summed E-state index contributed by atoms with van der Waals surface area (Å²) in [6.45, 7) is 3.97. The molecule has 0 radical (unpaired) electrons. The summed E-state index contributed by atoms with van der Waals surface area (Å²) in [5, 5.41) is 5.19. The van der Waals surface area contributed by atoms with E-state index in [0.29, 0.717) is 28.8 Å². The second-order valence-corrected chi connectivity index (χ2v) is 6.06. The van der Waals surface area contributed by atoms with E-state index >= 15 is 0 Å². The molecule has 1 N–H and O–H groups in total. The molecular formula is C19H17N3O3S. The van der Waals surface area contributed by atoms with Crippen LogP contribution in [-0.2, 0) is 0 Å². The Morgan fingerprint density at radius 3 is 2.96 bits per heavy atom. The number of hydrogen-bond acceptors (Lipinski definition) is 6. The van der Waals surface area contributed by atoms with Crippen LogP contribution in [0, 0.1) is 0 Å². The van der Waals surface area contributed by atoms with Crippen molar-refractivity contribution >= 4 is 22.4 Å². The molecule has 3 aromatic rings. The van der Waals surface area contributed by atoms with E-state index in [0.717, 1.165) is 11.3 Å². The van der Waals surface area contributed by atoms with Crippen molar-refractivity contribution < 1.29 is 14.3 Å². The van der Waals surface area contributed by atoms with Gasteiger partial charge in [0.1, 0.15) is 6.61 Å². The van der Waals surface area contributed by atoms with Crippen LogP contribution in [0.25, 0.3) is 11.3 Å². The minimum absolute atomic E-state index is 0.273. The van der Waals surface area contributed by atoms with Crippen molar-refractivity contribution in [1.29, 1.82) is 0 Å². The molecule has 0 aliphatic rings. The van der Waals surface area contributed by atoms with Gasteiger partial charge in [-0.2, -0.15) is 0 Å². The molecule has 26 heavy (non-hydrogen) atoms. The largest absolute Gasteiger partial charge is 0.493 e. The molecule has 7 heteroatoms. The first-order valence-corrected chi connectivity index (χ1v) is 8.68. The van der Waals surface area contributed by atoms with Gasteiger partial charge in [-0.15, -0.1) is 11.3 Å². The number of carbonyl (C=O) groups excluding carboxylic acids is 1. The Labute approximate surface area is 155 Å². The molecule has 1 aromatic carbocycles. The number of ether oxygens (including phenoxy) is 2. The van der Waals surface area contributed by atoms with E-state index in [4.69, 9.17) is 9.47 Å². The number of aromatic nitrogens is 2. The third-order valence-electron chi connectivity index (χ3n) is 3.46. The van der Waals surface area contributed by atoms with E-state index in [9.17, 15) is 4.79 Å². The minimum atomic E-state index is -0.273. The third kappa shape index (κ3) is 4.07. The number of rotatable bonds is 7. The van der Waals surface area contributed by atoms with Gasteiger partial charge in [-0.25, -0.2) is 4.98 Å². The van der Waals surface area contributed by atoms with Crippen LogP contribution in [0.5, 0.6) is 11.5 Å². The summed E-state index contributed by atoms with van der Waals surface area (Å²) in [6.07, 6.45) is 5.07. The van der Waals surface area contributed by atoms with Gasteiger partial charge in [-0.1, -0.05) is 12.7 Å². The number of anilines is 1. The molecule has 0 aliphatic carbocycles. The second kappa shape index (κ2) is 8.26. The maximum absolute atomic E-state index is 12.5. The number of thiazole rings is 1. The molecule has 0 atom stereocenters. The molecular weight excluding hydrogens is 350 g/mol. The number of methoxy groups -OCH3 is 1. The molecule has 0 spiro atoms. The predicted octanol–water partition coefficient (Wildman–Crippen LogP) is 4.03. The number of pyridine rings is 1. The van der Waals surface area contributed by atoms with Crippen molar-refractivity contribution in [3.63, 3.8) is 0 Å². The van der Waals surface area contributed by atoms with Crippen molar-refractivity contribution in [2.24, 2.45) is 0 Å². The van der Waals surface area contributed by atoms with Gasteiger partial charge in [0, 0.05) is 28.9 Å². The molecule has 0 bridgehead atoms. The quantitative estimate of drug-likeness (QED) is 0.638. The highest BCUT2D eigenvalue weighted by molar-refractivity contribution is 7.14. The van der Waals surface area contributed by atoms with E-state index < -0.39 is 0 Å². The molecule has 0 saturated heterocycles. The van der Waals surface area contributed by atoms with Crippen LogP contribution in [0.1, 0.15) is 10.4 Å². The van der Waals surface area contributed by atoms with E-state index in [-0.39, 0.29) is 5.91 Å². The van der Waals surface area contributed by atoms with Crippen LogP contribution in [0.15, 0.2) is 60.8 Å². The summed E-state index contributed by atoms with van der Waals surface area (Å²) in [5.41, 5.74) is 2.12. The molecule has 6 nitrogen and oxygen atoms in total. The summed E-state index contributed by atoms with van der Waals surface area (Å²) in [7, 11) is 1.53. The highest BCUT2D eigenvalue weighted by Gasteiger charge is 2.13. The Kier molecular flexibility index (Phi) is 5.60. The van der Waals surface area contributed by atoms with Crippen molar-refractivity contribution in [3.8, 4) is 22.8 Å². The molecule has 0 fully saturated rings. The van der Waals surface area contributed by atoms with Gasteiger partial charge >= 0.3 is 0 Å². The Balaban J connectivity index is 1.74. The van der Waals surface area contributed by atoms with E-state index in [1.165, 1.54) is 18.4 Å². The first kappa shape index (κ1) is 17.6. The van der Waals surface area contributed by atoms with Crippen LogP contribution in [0.2, 0.25) is 0 Å². The summed E-state index contributed by atoms with van der Waals surface area (Å²) >= 11 is 1.35. The van der Waals surface area contributed by atoms with Gasteiger partial charge in [0.15, 0.2) is 16.6 Å². The maximum Gasteiger partial charge on any atom is 0.257 e. The zero-order valence-corrected chi connectivity index (χ0v) is 15.0. The molecule has 3 rings (SSSR count). The fraction of sp³-hybridized carbons (Fsp3) is 0.105. The normalized spacial score (nSPS) is 10.2. The van der Waals surface area contributed by atoms with Crippen molar-refractivity contribution in [2.75, 3.05) is 19.0 Å². The number of amides is 1. The van der Waals surface area contributed by atoms with E-state index in [2.05, 4.69) is 21.9 Å². The highest BCUT2D eigenvalue weighted by atomic mass is 32.1. The Bertz CT molecular complexity index is 909. The van der Waals surface area contributed by atoms with Crippen LogP contribution >= 0.6 is 11.3 Å². The molecule has 2 heterocycles. The third-order valence-corrected chi connectivity index (χ3v) is 4.22. The SMILES string of the molecule is C=CCOc1ccc(C(=O)Nc2nc(-c3cccnc3)cs2)cc1OC. The minimum Gasteiger partial charge on any atom is -0.493 e. The second-order valence-electron chi connectivity index (χ2n) is 5.20. The summed E-state index contributed by atoms with van der Waals surface area (Å²) in [5.74, 6) is 0.761. The molecule has 2 aromatic heterocycles. The Morgan fingerprint density at radius 2 is 2.23 bits per heavy atom. The Morgan fingerprint density at radius 1 is 1.35 bits per heavy atom. The first-order valence-electron chi connectivity index (χ1n) is 7.80. The summed E-state index contributed by atoms with van der Waals surface area (Å²) < 4.78 is 10.8. The van der Waals surface area contributed by atoms with Crippen LogP contribution in [-0.4, -0.2) is 29.6 Å². The molecule has 0 saturated carbocycles. The van der Waals surface area contributed by atoms with Gasteiger partial charge in [0.05, 0.1) is 12.8 Å². The number of nitrogens with one attached hydrogen (secondary N) is 1. The lowest BCUT2D eigenvalue weighted by atomic mass is 10.2. The van der Waals surface area contributed by atoms with Gasteiger partial charge in [-0.05, 0) is 30.3 Å². The predicted molar refractivity (Wildman–Crippen MR) is 102 cm³/mol. The van der Waals surface area contributed by atoms with Crippen LogP contribution in [0.4, 0.5) is 5.13 Å². The van der Waals surface area contributed by atoms with Gasteiger partial charge in [0.2, 0.25) is 0 Å².